The normalized spacial score (nSPS) is 23.5. The van der Waals surface area contributed by atoms with Gasteiger partial charge in [-0.05, 0) is 45.2 Å². The van der Waals surface area contributed by atoms with Gasteiger partial charge in [0.15, 0.2) is 0 Å². The summed E-state index contributed by atoms with van der Waals surface area (Å²) in [4.78, 5) is 29.6. The van der Waals surface area contributed by atoms with Gasteiger partial charge in [0, 0.05) is 18.9 Å². The lowest BCUT2D eigenvalue weighted by atomic mass is 9.92. The van der Waals surface area contributed by atoms with Crippen molar-refractivity contribution in [3.8, 4) is 0 Å². The molecule has 3 N–H and O–H groups in total. The number of ether oxygens (including phenoxy) is 1. The molecule has 1 aliphatic heterocycles. The lowest BCUT2D eigenvalue weighted by Crippen LogP contribution is -2.52. The van der Waals surface area contributed by atoms with Gasteiger partial charge >= 0.3 is 11.9 Å². The molecule has 2 heterocycles. The summed E-state index contributed by atoms with van der Waals surface area (Å²) in [5.41, 5.74) is 6.22. The van der Waals surface area contributed by atoms with Gasteiger partial charge in [-0.2, -0.15) is 0 Å². The van der Waals surface area contributed by atoms with Crippen molar-refractivity contribution in [2.24, 2.45) is 11.7 Å². The van der Waals surface area contributed by atoms with E-state index in [2.05, 4.69) is 4.98 Å². The molecular weight excluding hydrogens is 310 g/mol. The largest absolute Gasteiger partial charge is 0.480 e. The van der Waals surface area contributed by atoms with Crippen LogP contribution in [0.1, 0.15) is 45.2 Å². The Balaban J connectivity index is 2.09. The van der Waals surface area contributed by atoms with E-state index in [1.54, 1.807) is 23.2 Å². The number of hydrogen-bond acceptors (Lipinski definition) is 6. The zero-order valence-electron chi connectivity index (χ0n) is 14.3. The average molecular weight is 335 g/mol. The molecule has 0 saturated carbocycles. The van der Waals surface area contributed by atoms with E-state index in [-0.39, 0.29) is 11.9 Å². The second-order valence-corrected chi connectivity index (χ2v) is 7.09. The van der Waals surface area contributed by atoms with E-state index in [9.17, 15) is 14.7 Å². The molecule has 1 aromatic heterocycles. The zero-order chi connectivity index (χ0) is 17.9. The summed E-state index contributed by atoms with van der Waals surface area (Å²) in [6.07, 6.45) is 3.49. The highest BCUT2D eigenvalue weighted by atomic mass is 16.6. The van der Waals surface area contributed by atoms with Crippen LogP contribution in [0, 0.1) is 5.92 Å². The molecule has 1 fully saturated rings. The SMILES string of the molecule is CC(C)(C)OC(=O)[C@@H]1CCN([C@@H](C(=O)O)c2cccnc2)[C@@H](N)C1. The fraction of sp³-hybridized carbons (Fsp3) is 0.588. The van der Waals surface area contributed by atoms with Gasteiger partial charge in [0.1, 0.15) is 11.6 Å². The molecule has 0 spiro atoms. The molecule has 24 heavy (non-hydrogen) atoms. The number of likely N-dealkylation sites (tertiary alicyclic amines) is 1. The standard InChI is InChI=1S/C17H25N3O4/c1-17(2,3)24-16(23)11-6-8-20(13(18)9-11)14(15(21)22)12-5-4-7-19-10-12/h4-5,7,10-11,13-14H,6,8-9,18H2,1-3H3,(H,21,22)/t11-,13-,14-/m1/s1. The first kappa shape index (κ1) is 18.4. The first-order chi connectivity index (χ1) is 11.2. The Hall–Kier alpha value is -1.99. The maximum absolute atomic E-state index is 12.2. The van der Waals surface area contributed by atoms with Crippen molar-refractivity contribution in [3.05, 3.63) is 30.1 Å². The second-order valence-electron chi connectivity index (χ2n) is 7.09. The molecule has 0 unspecified atom stereocenters. The van der Waals surface area contributed by atoms with Gasteiger partial charge < -0.3 is 15.6 Å². The lowest BCUT2D eigenvalue weighted by Gasteiger charge is -2.40. The van der Waals surface area contributed by atoms with Crippen molar-refractivity contribution in [1.29, 1.82) is 0 Å². The van der Waals surface area contributed by atoms with Crippen molar-refractivity contribution in [2.75, 3.05) is 6.54 Å². The highest BCUT2D eigenvalue weighted by Gasteiger charge is 2.38. The zero-order valence-corrected chi connectivity index (χ0v) is 14.3. The number of carbonyl (C=O) groups excluding carboxylic acids is 1. The lowest BCUT2D eigenvalue weighted by molar-refractivity contribution is -0.163. The van der Waals surface area contributed by atoms with Gasteiger partial charge in [-0.1, -0.05) is 6.07 Å². The van der Waals surface area contributed by atoms with Crippen molar-refractivity contribution in [2.45, 2.75) is 51.4 Å². The first-order valence-corrected chi connectivity index (χ1v) is 8.06. The Labute approximate surface area is 141 Å². The summed E-state index contributed by atoms with van der Waals surface area (Å²) in [6.45, 7) is 5.88. The van der Waals surface area contributed by atoms with E-state index in [0.29, 0.717) is 24.9 Å². The number of piperidine rings is 1. The molecule has 1 saturated heterocycles. The first-order valence-electron chi connectivity index (χ1n) is 8.06. The molecule has 0 aromatic carbocycles. The van der Waals surface area contributed by atoms with Crippen LogP contribution in [0.3, 0.4) is 0 Å². The predicted molar refractivity (Wildman–Crippen MR) is 87.9 cm³/mol. The minimum Gasteiger partial charge on any atom is -0.480 e. The summed E-state index contributed by atoms with van der Waals surface area (Å²) >= 11 is 0. The average Bonchev–Trinajstić information content (AvgIpc) is 2.48. The summed E-state index contributed by atoms with van der Waals surface area (Å²) in [5.74, 6) is -1.56. The van der Waals surface area contributed by atoms with E-state index in [1.165, 1.54) is 6.20 Å². The summed E-state index contributed by atoms with van der Waals surface area (Å²) in [5, 5.41) is 9.61. The van der Waals surface area contributed by atoms with Crippen LogP contribution >= 0.6 is 0 Å². The van der Waals surface area contributed by atoms with Crippen molar-refractivity contribution < 1.29 is 19.4 Å². The third-order valence-corrected chi connectivity index (χ3v) is 3.99. The smallest absolute Gasteiger partial charge is 0.325 e. The molecule has 0 bridgehead atoms. The third kappa shape index (κ3) is 4.52. The van der Waals surface area contributed by atoms with Crippen LogP contribution in [-0.2, 0) is 14.3 Å². The molecule has 2 rings (SSSR count). The number of carboxylic acid groups (broad SMARTS) is 1. The number of nitrogens with two attached hydrogens (primary N) is 1. The molecule has 132 valence electrons. The fourth-order valence-corrected chi connectivity index (χ4v) is 2.95. The Morgan fingerprint density at radius 2 is 2.17 bits per heavy atom. The Morgan fingerprint density at radius 3 is 2.67 bits per heavy atom. The Morgan fingerprint density at radius 1 is 1.46 bits per heavy atom. The van der Waals surface area contributed by atoms with Crippen molar-refractivity contribution >= 4 is 11.9 Å². The van der Waals surface area contributed by atoms with Gasteiger partial charge in [-0.25, -0.2) is 0 Å². The number of aliphatic carboxylic acids is 1. The van der Waals surface area contributed by atoms with E-state index in [4.69, 9.17) is 10.5 Å². The molecule has 7 nitrogen and oxygen atoms in total. The van der Waals surface area contributed by atoms with E-state index in [1.807, 2.05) is 20.8 Å². The van der Waals surface area contributed by atoms with Crippen LogP contribution in [0.25, 0.3) is 0 Å². The minimum absolute atomic E-state index is 0.272. The number of carbonyl (C=O) groups is 2. The van der Waals surface area contributed by atoms with E-state index >= 15 is 0 Å². The molecule has 0 aliphatic carbocycles. The number of aromatic nitrogens is 1. The van der Waals surface area contributed by atoms with Gasteiger partial charge in [0.25, 0.3) is 0 Å². The highest BCUT2D eigenvalue weighted by Crippen LogP contribution is 2.30. The van der Waals surface area contributed by atoms with Gasteiger partial charge in [0.2, 0.25) is 0 Å². The summed E-state index contributed by atoms with van der Waals surface area (Å²) < 4.78 is 5.41. The quantitative estimate of drug-likeness (QED) is 0.804. The van der Waals surface area contributed by atoms with Crippen molar-refractivity contribution in [1.82, 2.24) is 9.88 Å². The molecule has 3 atom stereocenters. The predicted octanol–water partition coefficient (Wildman–Crippen LogP) is 1.55. The van der Waals surface area contributed by atoms with E-state index < -0.39 is 23.8 Å². The maximum atomic E-state index is 12.2. The highest BCUT2D eigenvalue weighted by molar-refractivity contribution is 5.76. The van der Waals surface area contributed by atoms with E-state index in [0.717, 1.165) is 0 Å². The van der Waals surface area contributed by atoms with Gasteiger partial charge in [-0.3, -0.25) is 19.5 Å². The Bertz CT molecular complexity index is 585. The monoisotopic (exact) mass is 335 g/mol. The molecule has 1 aromatic rings. The van der Waals surface area contributed by atoms with Gasteiger partial charge in [0.05, 0.1) is 12.1 Å². The minimum atomic E-state index is -0.978. The fourth-order valence-electron chi connectivity index (χ4n) is 2.95. The van der Waals surface area contributed by atoms with Crippen LogP contribution in [-0.4, -0.2) is 45.2 Å². The van der Waals surface area contributed by atoms with Crippen LogP contribution in [0.15, 0.2) is 24.5 Å². The van der Waals surface area contributed by atoms with Gasteiger partial charge in [-0.15, -0.1) is 0 Å². The molecule has 0 amide bonds. The topological polar surface area (TPSA) is 106 Å². The summed E-state index contributed by atoms with van der Waals surface area (Å²) in [6, 6.07) is 2.55. The molecule has 7 heteroatoms. The summed E-state index contributed by atoms with van der Waals surface area (Å²) in [7, 11) is 0. The number of rotatable bonds is 4. The maximum Gasteiger partial charge on any atom is 0.325 e. The number of pyridine rings is 1. The number of nitrogens with zero attached hydrogens (tertiary/aromatic N) is 2. The number of carboxylic acids is 1. The molecular formula is C17H25N3O4. The number of hydrogen-bond donors (Lipinski definition) is 2. The van der Waals surface area contributed by atoms with Crippen LogP contribution in [0.4, 0.5) is 0 Å². The number of esters is 1. The van der Waals surface area contributed by atoms with Crippen LogP contribution in [0.5, 0.6) is 0 Å². The molecule has 1 aliphatic rings. The van der Waals surface area contributed by atoms with Crippen molar-refractivity contribution in [3.63, 3.8) is 0 Å². The molecule has 0 radical (unpaired) electrons. The van der Waals surface area contributed by atoms with Crippen LogP contribution in [0.2, 0.25) is 0 Å². The third-order valence-electron chi connectivity index (χ3n) is 3.99. The second kappa shape index (κ2) is 7.27. The van der Waals surface area contributed by atoms with Crippen LogP contribution < -0.4 is 5.73 Å². The Kier molecular flexibility index (Phi) is 5.56.